The maximum absolute atomic E-state index is 11.4. The van der Waals surface area contributed by atoms with Gasteiger partial charge in [0.1, 0.15) is 0 Å². The van der Waals surface area contributed by atoms with Crippen LogP contribution in [-0.2, 0) is 9.59 Å². The molecule has 2 atom stereocenters. The zero-order chi connectivity index (χ0) is 11.3. The lowest BCUT2D eigenvalue weighted by Crippen LogP contribution is -2.53. The van der Waals surface area contributed by atoms with Crippen molar-refractivity contribution in [2.75, 3.05) is 13.1 Å². The van der Waals surface area contributed by atoms with Gasteiger partial charge in [-0.3, -0.25) is 9.59 Å². The van der Waals surface area contributed by atoms with Crippen LogP contribution in [-0.4, -0.2) is 37.0 Å². The SMILES string of the molecule is CC(=O)NCC(=O)NC1CCCNC1C.Cl. The topological polar surface area (TPSA) is 70.2 Å². The van der Waals surface area contributed by atoms with Crippen molar-refractivity contribution in [1.29, 1.82) is 0 Å². The average Bonchev–Trinajstić information content (AvgIpc) is 2.18. The molecule has 1 aliphatic heterocycles. The molecule has 5 nitrogen and oxygen atoms in total. The monoisotopic (exact) mass is 249 g/mol. The van der Waals surface area contributed by atoms with E-state index >= 15 is 0 Å². The van der Waals surface area contributed by atoms with Gasteiger partial charge in [-0.1, -0.05) is 0 Å². The Bertz CT molecular complexity index is 248. The van der Waals surface area contributed by atoms with Gasteiger partial charge in [-0.2, -0.15) is 0 Å². The molecule has 2 unspecified atom stereocenters. The van der Waals surface area contributed by atoms with Gasteiger partial charge in [0.2, 0.25) is 11.8 Å². The summed E-state index contributed by atoms with van der Waals surface area (Å²) in [6.07, 6.45) is 2.08. The molecule has 0 radical (unpaired) electrons. The second-order valence-electron chi connectivity index (χ2n) is 3.97. The first-order chi connectivity index (χ1) is 7.09. The van der Waals surface area contributed by atoms with Gasteiger partial charge < -0.3 is 16.0 Å². The Balaban J connectivity index is 0.00000225. The predicted octanol–water partition coefficient (Wildman–Crippen LogP) is -0.199. The molecule has 3 N–H and O–H groups in total. The number of halogens is 1. The molecule has 1 rings (SSSR count). The molecule has 0 aromatic rings. The first kappa shape index (κ1) is 15.2. The van der Waals surface area contributed by atoms with Crippen molar-refractivity contribution in [2.24, 2.45) is 0 Å². The molecule has 0 bridgehead atoms. The average molecular weight is 250 g/mol. The van der Waals surface area contributed by atoms with Gasteiger partial charge in [0.15, 0.2) is 0 Å². The van der Waals surface area contributed by atoms with Crippen LogP contribution in [0.15, 0.2) is 0 Å². The smallest absolute Gasteiger partial charge is 0.239 e. The van der Waals surface area contributed by atoms with E-state index in [0.717, 1.165) is 19.4 Å². The van der Waals surface area contributed by atoms with Crippen molar-refractivity contribution in [1.82, 2.24) is 16.0 Å². The van der Waals surface area contributed by atoms with E-state index in [4.69, 9.17) is 0 Å². The first-order valence-corrected chi connectivity index (χ1v) is 5.37. The lowest BCUT2D eigenvalue weighted by atomic mass is 10.00. The Labute approximate surface area is 102 Å². The van der Waals surface area contributed by atoms with Crippen LogP contribution in [0.1, 0.15) is 26.7 Å². The molecule has 2 amide bonds. The second-order valence-corrected chi connectivity index (χ2v) is 3.97. The molecule has 1 heterocycles. The number of carbonyl (C=O) groups excluding carboxylic acids is 2. The highest BCUT2D eigenvalue weighted by Crippen LogP contribution is 2.07. The van der Waals surface area contributed by atoms with E-state index in [0.29, 0.717) is 6.04 Å². The fourth-order valence-electron chi connectivity index (χ4n) is 1.70. The van der Waals surface area contributed by atoms with Gasteiger partial charge in [0, 0.05) is 19.0 Å². The molecule has 1 fully saturated rings. The van der Waals surface area contributed by atoms with Crippen LogP contribution in [0.3, 0.4) is 0 Å². The van der Waals surface area contributed by atoms with E-state index in [1.807, 2.05) is 0 Å². The van der Waals surface area contributed by atoms with E-state index in [1.165, 1.54) is 6.92 Å². The molecule has 0 saturated carbocycles. The Kier molecular flexibility index (Phi) is 7.08. The van der Waals surface area contributed by atoms with Crippen molar-refractivity contribution < 1.29 is 9.59 Å². The van der Waals surface area contributed by atoms with Crippen LogP contribution in [0.4, 0.5) is 0 Å². The van der Waals surface area contributed by atoms with Gasteiger partial charge in [-0.05, 0) is 26.3 Å². The molecule has 0 aromatic heterocycles. The minimum absolute atomic E-state index is 0. The quantitative estimate of drug-likeness (QED) is 0.649. The molecular formula is C10H20ClN3O2. The van der Waals surface area contributed by atoms with Gasteiger partial charge in [0.25, 0.3) is 0 Å². The highest BCUT2D eigenvalue weighted by molar-refractivity contribution is 5.85. The standard InChI is InChI=1S/C10H19N3O2.ClH/c1-7-9(4-3-5-11-7)13-10(15)6-12-8(2)14;/h7,9,11H,3-6H2,1-2H3,(H,12,14)(H,13,15);1H. The molecule has 0 aromatic carbocycles. The van der Waals surface area contributed by atoms with E-state index < -0.39 is 0 Å². The summed E-state index contributed by atoms with van der Waals surface area (Å²) in [5.41, 5.74) is 0. The summed E-state index contributed by atoms with van der Waals surface area (Å²) < 4.78 is 0. The highest BCUT2D eigenvalue weighted by Gasteiger charge is 2.21. The van der Waals surface area contributed by atoms with Crippen LogP contribution in [0.25, 0.3) is 0 Å². The van der Waals surface area contributed by atoms with Crippen LogP contribution in [0.5, 0.6) is 0 Å². The van der Waals surface area contributed by atoms with E-state index in [-0.39, 0.29) is 36.8 Å². The van der Waals surface area contributed by atoms with Crippen molar-refractivity contribution in [3.05, 3.63) is 0 Å². The Morgan fingerprint density at radius 3 is 2.69 bits per heavy atom. The van der Waals surface area contributed by atoms with Gasteiger partial charge in [-0.25, -0.2) is 0 Å². The minimum atomic E-state index is -0.181. The van der Waals surface area contributed by atoms with Crippen LogP contribution < -0.4 is 16.0 Å². The number of piperidine rings is 1. The molecule has 0 aliphatic carbocycles. The highest BCUT2D eigenvalue weighted by atomic mass is 35.5. The largest absolute Gasteiger partial charge is 0.350 e. The summed E-state index contributed by atoms with van der Waals surface area (Å²) in [6, 6.07) is 0.486. The summed E-state index contributed by atoms with van der Waals surface area (Å²) in [5.74, 6) is -0.300. The Morgan fingerprint density at radius 1 is 1.44 bits per heavy atom. The Hall–Kier alpha value is -0.810. The number of rotatable bonds is 3. The normalized spacial score (nSPS) is 24.1. The summed E-state index contributed by atoms with van der Waals surface area (Å²) in [4.78, 5) is 22.0. The van der Waals surface area contributed by atoms with E-state index in [1.54, 1.807) is 0 Å². The number of amides is 2. The number of hydrogen-bond donors (Lipinski definition) is 3. The summed E-state index contributed by atoms with van der Waals surface area (Å²) in [7, 11) is 0. The van der Waals surface area contributed by atoms with Crippen molar-refractivity contribution in [3.8, 4) is 0 Å². The van der Waals surface area contributed by atoms with Gasteiger partial charge >= 0.3 is 0 Å². The first-order valence-electron chi connectivity index (χ1n) is 5.37. The van der Waals surface area contributed by atoms with E-state index in [2.05, 4.69) is 22.9 Å². The summed E-state index contributed by atoms with van der Waals surface area (Å²) >= 11 is 0. The number of nitrogens with one attached hydrogen (secondary N) is 3. The summed E-state index contributed by atoms with van der Waals surface area (Å²) in [6.45, 7) is 4.54. The fraction of sp³-hybridized carbons (Fsp3) is 0.800. The lowest BCUT2D eigenvalue weighted by Gasteiger charge is -2.30. The molecule has 1 saturated heterocycles. The number of carbonyl (C=O) groups is 2. The maximum Gasteiger partial charge on any atom is 0.239 e. The minimum Gasteiger partial charge on any atom is -0.350 e. The third kappa shape index (κ3) is 5.32. The van der Waals surface area contributed by atoms with E-state index in [9.17, 15) is 9.59 Å². The molecule has 1 aliphatic rings. The third-order valence-electron chi connectivity index (χ3n) is 2.61. The van der Waals surface area contributed by atoms with Crippen LogP contribution in [0.2, 0.25) is 0 Å². The third-order valence-corrected chi connectivity index (χ3v) is 2.61. The van der Waals surface area contributed by atoms with Gasteiger partial charge in [0.05, 0.1) is 6.54 Å². The van der Waals surface area contributed by atoms with Crippen LogP contribution >= 0.6 is 12.4 Å². The Morgan fingerprint density at radius 2 is 2.12 bits per heavy atom. The molecular weight excluding hydrogens is 230 g/mol. The van der Waals surface area contributed by atoms with Crippen molar-refractivity contribution >= 4 is 24.2 Å². The molecule has 6 heteroatoms. The van der Waals surface area contributed by atoms with Crippen molar-refractivity contribution in [2.45, 2.75) is 38.8 Å². The number of hydrogen-bond acceptors (Lipinski definition) is 3. The van der Waals surface area contributed by atoms with Gasteiger partial charge in [-0.15, -0.1) is 12.4 Å². The predicted molar refractivity (Wildman–Crippen MR) is 64.6 cm³/mol. The molecule has 94 valence electrons. The summed E-state index contributed by atoms with van der Waals surface area (Å²) in [5, 5.41) is 8.69. The van der Waals surface area contributed by atoms with Crippen LogP contribution in [0, 0.1) is 0 Å². The molecule has 16 heavy (non-hydrogen) atoms. The maximum atomic E-state index is 11.4. The fourth-order valence-corrected chi connectivity index (χ4v) is 1.70. The molecule has 0 spiro atoms. The zero-order valence-corrected chi connectivity index (χ0v) is 10.5. The zero-order valence-electron chi connectivity index (χ0n) is 9.71. The second kappa shape index (κ2) is 7.46. The lowest BCUT2D eigenvalue weighted by molar-refractivity contribution is -0.125. The van der Waals surface area contributed by atoms with Crippen molar-refractivity contribution in [3.63, 3.8) is 0 Å².